The molecule has 0 aliphatic carbocycles. The summed E-state index contributed by atoms with van der Waals surface area (Å²) in [6.45, 7) is 3.86. The standard InChI is InChI=1S/C43H66O5/c1-3-5-7-9-11-13-15-17-19-20-21-22-24-25-27-29-31-33-35-37-42(45)47-40-41(39-44)48-43(46)38-36-34-32-30-28-26-23-18-16-14-12-10-8-6-4-2/h5,7,11-14,17-19,21-23,25,27-28,30-31,33,41,44H,3-4,6,8-10,15-16,20,24,26,29,32,34-40H2,1-2H3/b7-5-,13-11-,14-12-,19-17-,22-21-,23-18-,27-25-,30-28-,33-31-/t41-/m0/s1. The Labute approximate surface area is 293 Å². The van der Waals surface area contributed by atoms with Crippen LogP contribution >= 0.6 is 0 Å². The Kier molecular flexibility index (Phi) is 35.3. The highest BCUT2D eigenvalue weighted by Gasteiger charge is 2.15. The van der Waals surface area contributed by atoms with Gasteiger partial charge < -0.3 is 14.6 Å². The summed E-state index contributed by atoms with van der Waals surface area (Å²) in [5.74, 6) is -0.748. The van der Waals surface area contributed by atoms with E-state index in [0.717, 1.165) is 64.2 Å². The first-order valence-corrected chi connectivity index (χ1v) is 18.4. The maximum Gasteiger partial charge on any atom is 0.306 e. The number of aliphatic hydroxyl groups is 1. The second-order valence-electron chi connectivity index (χ2n) is 11.6. The molecular weight excluding hydrogens is 596 g/mol. The fourth-order valence-corrected chi connectivity index (χ4v) is 4.29. The zero-order valence-electron chi connectivity index (χ0n) is 30.2. The van der Waals surface area contributed by atoms with Crippen molar-refractivity contribution in [1.82, 2.24) is 0 Å². The van der Waals surface area contributed by atoms with Gasteiger partial charge in [-0.25, -0.2) is 0 Å². The van der Waals surface area contributed by atoms with Gasteiger partial charge in [-0.15, -0.1) is 0 Å². The Morgan fingerprint density at radius 2 is 0.917 bits per heavy atom. The van der Waals surface area contributed by atoms with Gasteiger partial charge in [0, 0.05) is 12.8 Å². The predicted molar refractivity (Wildman–Crippen MR) is 205 cm³/mol. The minimum Gasteiger partial charge on any atom is -0.462 e. The van der Waals surface area contributed by atoms with Gasteiger partial charge >= 0.3 is 11.9 Å². The van der Waals surface area contributed by atoms with Crippen molar-refractivity contribution in [2.24, 2.45) is 0 Å². The Morgan fingerprint density at radius 3 is 1.35 bits per heavy atom. The molecule has 0 saturated carbocycles. The van der Waals surface area contributed by atoms with E-state index in [9.17, 15) is 14.7 Å². The van der Waals surface area contributed by atoms with E-state index in [1.54, 1.807) is 0 Å². The van der Waals surface area contributed by atoms with Crippen LogP contribution in [0.5, 0.6) is 0 Å². The number of aliphatic hydroxyl groups excluding tert-OH is 1. The number of hydrogen-bond acceptors (Lipinski definition) is 5. The van der Waals surface area contributed by atoms with Crippen LogP contribution in [0, 0.1) is 0 Å². The topological polar surface area (TPSA) is 72.8 Å². The van der Waals surface area contributed by atoms with Gasteiger partial charge in [0.15, 0.2) is 6.10 Å². The molecule has 0 saturated heterocycles. The third-order valence-electron chi connectivity index (χ3n) is 7.06. The molecule has 0 bridgehead atoms. The first kappa shape index (κ1) is 44.6. The molecule has 5 nitrogen and oxygen atoms in total. The lowest BCUT2D eigenvalue weighted by atomic mass is 10.1. The van der Waals surface area contributed by atoms with Crippen LogP contribution in [0.3, 0.4) is 0 Å². The number of ether oxygens (including phenoxy) is 2. The molecular formula is C43H66O5. The van der Waals surface area contributed by atoms with E-state index in [2.05, 4.69) is 111 Å². The average molecular weight is 663 g/mol. The van der Waals surface area contributed by atoms with Crippen LogP contribution in [0.2, 0.25) is 0 Å². The molecule has 0 aromatic carbocycles. The maximum absolute atomic E-state index is 12.1. The summed E-state index contributed by atoms with van der Waals surface area (Å²) < 4.78 is 10.5. The lowest BCUT2D eigenvalue weighted by Crippen LogP contribution is -2.28. The van der Waals surface area contributed by atoms with Gasteiger partial charge in [-0.05, 0) is 89.9 Å². The molecule has 268 valence electrons. The molecule has 5 heteroatoms. The molecule has 0 aromatic heterocycles. The lowest BCUT2D eigenvalue weighted by Gasteiger charge is -2.15. The Bertz CT molecular complexity index is 1020. The van der Waals surface area contributed by atoms with Gasteiger partial charge in [0.2, 0.25) is 0 Å². The highest BCUT2D eigenvalue weighted by atomic mass is 16.6. The quantitative estimate of drug-likeness (QED) is 0.0454. The van der Waals surface area contributed by atoms with Crippen LogP contribution in [0.25, 0.3) is 0 Å². The van der Waals surface area contributed by atoms with Gasteiger partial charge in [0.25, 0.3) is 0 Å². The van der Waals surface area contributed by atoms with E-state index in [1.807, 2.05) is 12.2 Å². The molecule has 0 radical (unpaired) electrons. The normalized spacial score (nSPS) is 13.5. The van der Waals surface area contributed by atoms with Crippen molar-refractivity contribution in [3.05, 3.63) is 109 Å². The predicted octanol–water partition coefficient (Wildman–Crippen LogP) is 11.5. The summed E-state index contributed by atoms with van der Waals surface area (Å²) in [4.78, 5) is 24.2. The molecule has 0 unspecified atom stereocenters. The summed E-state index contributed by atoms with van der Waals surface area (Å²) in [6, 6.07) is 0. The Balaban J connectivity index is 3.82. The fraction of sp³-hybridized carbons (Fsp3) is 0.535. The molecule has 0 heterocycles. The van der Waals surface area contributed by atoms with E-state index in [0.29, 0.717) is 12.8 Å². The highest BCUT2D eigenvalue weighted by Crippen LogP contribution is 2.07. The average Bonchev–Trinajstić information content (AvgIpc) is 3.09. The summed E-state index contributed by atoms with van der Waals surface area (Å²) in [7, 11) is 0. The molecule has 0 rings (SSSR count). The second-order valence-corrected chi connectivity index (χ2v) is 11.6. The van der Waals surface area contributed by atoms with Crippen LogP contribution in [-0.4, -0.2) is 36.4 Å². The van der Waals surface area contributed by atoms with Crippen molar-refractivity contribution in [1.29, 1.82) is 0 Å². The molecule has 0 aromatic rings. The van der Waals surface area contributed by atoms with Gasteiger partial charge in [-0.3, -0.25) is 9.59 Å². The third kappa shape index (κ3) is 35.4. The Hall–Kier alpha value is -3.44. The van der Waals surface area contributed by atoms with Crippen molar-refractivity contribution in [3.8, 4) is 0 Å². The van der Waals surface area contributed by atoms with E-state index < -0.39 is 6.10 Å². The molecule has 1 N–H and O–H groups in total. The molecule has 48 heavy (non-hydrogen) atoms. The summed E-state index contributed by atoms with van der Waals surface area (Å²) >= 11 is 0. The fourth-order valence-electron chi connectivity index (χ4n) is 4.29. The van der Waals surface area contributed by atoms with Gasteiger partial charge in [-0.2, -0.15) is 0 Å². The molecule has 0 spiro atoms. The molecule has 0 amide bonds. The maximum atomic E-state index is 12.1. The van der Waals surface area contributed by atoms with Crippen molar-refractivity contribution in [2.75, 3.05) is 13.2 Å². The lowest BCUT2D eigenvalue weighted by molar-refractivity contribution is -0.161. The number of unbranched alkanes of at least 4 members (excludes halogenated alkanes) is 5. The van der Waals surface area contributed by atoms with Crippen molar-refractivity contribution < 1.29 is 24.2 Å². The minimum absolute atomic E-state index is 0.129. The summed E-state index contributed by atoms with van der Waals surface area (Å²) in [5, 5.41) is 9.52. The van der Waals surface area contributed by atoms with Crippen LogP contribution in [0.1, 0.15) is 129 Å². The zero-order valence-corrected chi connectivity index (χ0v) is 30.2. The first-order valence-electron chi connectivity index (χ1n) is 18.4. The monoisotopic (exact) mass is 662 g/mol. The zero-order chi connectivity index (χ0) is 35.0. The van der Waals surface area contributed by atoms with E-state index in [1.165, 1.54) is 25.7 Å². The number of carbonyl (C=O) groups is 2. The largest absolute Gasteiger partial charge is 0.462 e. The highest BCUT2D eigenvalue weighted by molar-refractivity contribution is 5.70. The first-order chi connectivity index (χ1) is 23.6. The third-order valence-corrected chi connectivity index (χ3v) is 7.06. The smallest absolute Gasteiger partial charge is 0.306 e. The van der Waals surface area contributed by atoms with Crippen LogP contribution in [0.4, 0.5) is 0 Å². The second kappa shape index (κ2) is 38.0. The van der Waals surface area contributed by atoms with Crippen LogP contribution < -0.4 is 0 Å². The molecule has 0 aliphatic heterocycles. The molecule has 0 aliphatic rings. The van der Waals surface area contributed by atoms with E-state index in [4.69, 9.17) is 9.47 Å². The SMILES string of the molecule is CC/C=C\C/C=C\C/C=C\C/C=C\C/C=C\C/C=C\CCC(=O)OC[C@H](CO)OC(=O)CCCC/C=C\C/C=C\C/C=C\CCCCC. The number of allylic oxidation sites excluding steroid dienone is 18. The number of esters is 2. The van der Waals surface area contributed by atoms with Crippen LogP contribution in [-0.2, 0) is 19.1 Å². The molecule has 0 fully saturated rings. The molecule has 1 atom stereocenters. The summed E-state index contributed by atoms with van der Waals surface area (Å²) in [5.41, 5.74) is 0. The van der Waals surface area contributed by atoms with Gasteiger partial charge in [0.1, 0.15) is 6.61 Å². The number of carbonyl (C=O) groups excluding carboxylic acids is 2. The Morgan fingerprint density at radius 1 is 0.500 bits per heavy atom. The van der Waals surface area contributed by atoms with Crippen molar-refractivity contribution >= 4 is 11.9 Å². The van der Waals surface area contributed by atoms with Crippen molar-refractivity contribution in [2.45, 2.75) is 136 Å². The number of hydrogen-bond donors (Lipinski definition) is 1. The van der Waals surface area contributed by atoms with Crippen molar-refractivity contribution in [3.63, 3.8) is 0 Å². The minimum atomic E-state index is -0.829. The summed E-state index contributed by atoms with van der Waals surface area (Å²) in [6.07, 6.45) is 54.4. The van der Waals surface area contributed by atoms with Gasteiger partial charge in [0.05, 0.1) is 6.61 Å². The van der Waals surface area contributed by atoms with Crippen LogP contribution in [0.15, 0.2) is 109 Å². The van der Waals surface area contributed by atoms with E-state index in [-0.39, 0.29) is 38.0 Å². The van der Waals surface area contributed by atoms with E-state index >= 15 is 0 Å². The number of rotatable bonds is 31. The van der Waals surface area contributed by atoms with Gasteiger partial charge in [-0.1, -0.05) is 136 Å².